The molecule has 1 aliphatic heterocycles. The normalized spacial score (nSPS) is 24.3. The van der Waals surface area contributed by atoms with Gasteiger partial charge in [-0.1, -0.05) is 54.8 Å². The van der Waals surface area contributed by atoms with E-state index in [1.165, 1.54) is 6.42 Å². The molecule has 25 heavy (non-hydrogen) atoms. The Bertz CT molecular complexity index is 781. The quantitative estimate of drug-likeness (QED) is 0.888. The van der Waals surface area contributed by atoms with E-state index in [1.807, 2.05) is 30.3 Å². The summed E-state index contributed by atoms with van der Waals surface area (Å²) in [6.45, 7) is 0. The zero-order valence-corrected chi connectivity index (χ0v) is 13.9. The van der Waals surface area contributed by atoms with Crippen LogP contribution < -0.4 is 11.2 Å². The highest BCUT2D eigenvalue weighted by molar-refractivity contribution is 5.98. The number of hydroxylamine groups is 1. The van der Waals surface area contributed by atoms with Crippen molar-refractivity contribution in [2.45, 2.75) is 37.7 Å². The lowest BCUT2D eigenvalue weighted by molar-refractivity contribution is -0.118. The minimum Gasteiger partial charge on any atom is -0.364 e. The Balaban J connectivity index is 1.95. The van der Waals surface area contributed by atoms with Crippen molar-refractivity contribution in [1.29, 1.82) is 0 Å². The van der Waals surface area contributed by atoms with Gasteiger partial charge in [-0.25, -0.2) is 4.68 Å². The molecule has 7 heteroatoms. The summed E-state index contributed by atoms with van der Waals surface area (Å²) in [6, 6.07) is 9.97. The summed E-state index contributed by atoms with van der Waals surface area (Å²) >= 11 is 0. The molecule has 1 atom stereocenters. The first-order chi connectivity index (χ1) is 12.2. The van der Waals surface area contributed by atoms with E-state index in [9.17, 15) is 4.79 Å². The fourth-order valence-corrected chi connectivity index (χ4v) is 4.10. The molecule has 4 rings (SSSR count). The van der Waals surface area contributed by atoms with Crippen LogP contribution in [0.15, 0.2) is 48.4 Å². The molecule has 0 spiro atoms. The van der Waals surface area contributed by atoms with Crippen LogP contribution in [-0.2, 0) is 15.2 Å². The van der Waals surface area contributed by atoms with Crippen molar-refractivity contribution >= 4 is 11.6 Å². The molecule has 0 bridgehead atoms. The van der Waals surface area contributed by atoms with Crippen LogP contribution in [0.4, 0.5) is 0 Å². The SMILES string of the molecule is NC(=O)C1=C(n2ccnn2)C(c2ccccc2)(C2CCCCC2)ON1. The fraction of sp³-hybridized carbons (Fsp3) is 0.389. The van der Waals surface area contributed by atoms with E-state index < -0.39 is 11.5 Å². The van der Waals surface area contributed by atoms with E-state index in [-0.39, 0.29) is 11.6 Å². The Labute approximate surface area is 145 Å². The molecular formula is C18H21N5O2. The lowest BCUT2D eigenvalue weighted by atomic mass is 9.71. The molecule has 2 heterocycles. The molecular weight excluding hydrogens is 318 g/mol. The number of amides is 1. The van der Waals surface area contributed by atoms with Gasteiger partial charge in [0, 0.05) is 5.92 Å². The van der Waals surface area contributed by atoms with Crippen molar-refractivity contribution in [1.82, 2.24) is 20.5 Å². The number of nitrogens with two attached hydrogens (primary N) is 1. The van der Waals surface area contributed by atoms with Crippen LogP contribution in [0, 0.1) is 5.92 Å². The van der Waals surface area contributed by atoms with Gasteiger partial charge < -0.3 is 5.73 Å². The lowest BCUT2D eigenvalue weighted by Gasteiger charge is -2.39. The second-order valence-electron chi connectivity index (χ2n) is 6.58. The Morgan fingerprint density at radius 3 is 2.64 bits per heavy atom. The summed E-state index contributed by atoms with van der Waals surface area (Å²) in [5.41, 5.74) is 9.44. The van der Waals surface area contributed by atoms with Crippen LogP contribution in [0.25, 0.3) is 5.70 Å². The first kappa shape index (κ1) is 15.8. The Kier molecular flexibility index (Phi) is 4.01. The number of benzene rings is 1. The maximum absolute atomic E-state index is 12.1. The van der Waals surface area contributed by atoms with Gasteiger partial charge in [-0.15, -0.1) is 5.10 Å². The molecule has 1 amide bonds. The van der Waals surface area contributed by atoms with Gasteiger partial charge in [-0.2, -0.15) is 0 Å². The topological polar surface area (TPSA) is 95.1 Å². The minimum atomic E-state index is -0.820. The molecule has 1 unspecified atom stereocenters. The molecule has 2 aliphatic rings. The monoisotopic (exact) mass is 339 g/mol. The first-order valence-electron chi connectivity index (χ1n) is 8.64. The van der Waals surface area contributed by atoms with Crippen molar-refractivity contribution in [2.75, 3.05) is 0 Å². The highest BCUT2D eigenvalue weighted by atomic mass is 16.7. The molecule has 0 radical (unpaired) electrons. The van der Waals surface area contributed by atoms with Crippen LogP contribution in [0.5, 0.6) is 0 Å². The van der Waals surface area contributed by atoms with Gasteiger partial charge in [0.15, 0.2) is 11.3 Å². The number of carbonyl (C=O) groups excluding carboxylic acids is 1. The Morgan fingerprint density at radius 2 is 2.00 bits per heavy atom. The largest absolute Gasteiger partial charge is 0.364 e. The van der Waals surface area contributed by atoms with E-state index in [1.54, 1.807) is 17.1 Å². The first-order valence-corrected chi connectivity index (χ1v) is 8.64. The summed E-state index contributed by atoms with van der Waals surface area (Å²) in [7, 11) is 0. The molecule has 2 aromatic rings. The lowest BCUT2D eigenvalue weighted by Crippen LogP contribution is -2.40. The number of hydrogen-bond acceptors (Lipinski definition) is 5. The van der Waals surface area contributed by atoms with Crippen molar-refractivity contribution in [3.8, 4) is 0 Å². The van der Waals surface area contributed by atoms with Gasteiger partial charge in [-0.3, -0.25) is 15.1 Å². The summed E-state index contributed by atoms with van der Waals surface area (Å²) in [5.74, 6) is -0.355. The summed E-state index contributed by atoms with van der Waals surface area (Å²) in [4.78, 5) is 18.2. The number of primary amides is 1. The second kappa shape index (κ2) is 6.33. The minimum absolute atomic E-state index is 0.215. The molecule has 1 saturated carbocycles. The predicted molar refractivity (Wildman–Crippen MR) is 91.3 cm³/mol. The molecule has 1 aromatic heterocycles. The van der Waals surface area contributed by atoms with Crippen LogP contribution in [0.2, 0.25) is 0 Å². The maximum atomic E-state index is 12.1. The number of carbonyl (C=O) groups is 1. The van der Waals surface area contributed by atoms with E-state index in [0.717, 1.165) is 31.2 Å². The van der Waals surface area contributed by atoms with Crippen LogP contribution >= 0.6 is 0 Å². The smallest absolute Gasteiger partial charge is 0.269 e. The van der Waals surface area contributed by atoms with E-state index in [0.29, 0.717) is 5.70 Å². The molecule has 1 aromatic carbocycles. The fourth-order valence-electron chi connectivity index (χ4n) is 4.10. The average Bonchev–Trinajstić information content (AvgIpc) is 3.31. The van der Waals surface area contributed by atoms with Crippen molar-refractivity contribution in [3.63, 3.8) is 0 Å². The molecule has 130 valence electrons. The summed E-state index contributed by atoms with van der Waals surface area (Å²) in [5, 5.41) is 8.04. The number of nitrogens with one attached hydrogen (secondary N) is 1. The zero-order chi connectivity index (χ0) is 17.3. The number of hydrogen-bond donors (Lipinski definition) is 2. The molecule has 7 nitrogen and oxygen atoms in total. The highest BCUT2D eigenvalue weighted by Gasteiger charge is 2.53. The second-order valence-corrected chi connectivity index (χ2v) is 6.58. The zero-order valence-electron chi connectivity index (χ0n) is 13.9. The van der Waals surface area contributed by atoms with Crippen LogP contribution in [0.1, 0.15) is 37.7 Å². The molecule has 3 N–H and O–H groups in total. The van der Waals surface area contributed by atoms with Gasteiger partial charge in [0.1, 0.15) is 5.70 Å². The van der Waals surface area contributed by atoms with Crippen molar-refractivity contribution in [2.24, 2.45) is 11.7 Å². The maximum Gasteiger partial charge on any atom is 0.269 e. The average molecular weight is 339 g/mol. The third-order valence-corrected chi connectivity index (χ3v) is 5.18. The third-order valence-electron chi connectivity index (χ3n) is 5.18. The Morgan fingerprint density at radius 1 is 1.24 bits per heavy atom. The van der Waals surface area contributed by atoms with Crippen LogP contribution in [-0.4, -0.2) is 20.9 Å². The molecule has 0 saturated heterocycles. The number of rotatable bonds is 4. The molecule has 1 aliphatic carbocycles. The van der Waals surface area contributed by atoms with Crippen LogP contribution in [0.3, 0.4) is 0 Å². The van der Waals surface area contributed by atoms with E-state index in [4.69, 9.17) is 10.6 Å². The van der Waals surface area contributed by atoms with E-state index in [2.05, 4.69) is 15.8 Å². The number of nitrogens with zero attached hydrogens (tertiary/aromatic N) is 3. The van der Waals surface area contributed by atoms with Crippen molar-refractivity contribution < 1.29 is 9.63 Å². The van der Waals surface area contributed by atoms with Gasteiger partial charge in [0.05, 0.1) is 12.4 Å². The number of aromatic nitrogens is 3. The van der Waals surface area contributed by atoms with Gasteiger partial charge in [-0.05, 0) is 18.4 Å². The van der Waals surface area contributed by atoms with Gasteiger partial charge in [0.25, 0.3) is 5.91 Å². The Hall–Kier alpha value is -2.67. The summed E-state index contributed by atoms with van der Waals surface area (Å²) in [6.07, 6.45) is 8.83. The highest BCUT2D eigenvalue weighted by Crippen LogP contribution is 2.51. The van der Waals surface area contributed by atoms with E-state index >= 15 is 0 Å². The predicted octanol–water partition coefficient (Wildman–Crippen LogP) is 1.94. The van der Waals surface area contributed by atoms with Gasteiger partial charge in [0.2, 0.25) is 0 Å². The standard InChI is InChI=1S/C18H21N5O2/c19-17(24)15-16(23-12-11-20-22-23)18(25-21-15,13-7-3-1-4-8-13)14-9-5-2-6-10-14/h1,3-4,7-8,11-12,14,21H,2,5-6,9-10H2,(H2,19,24). The molecule has 1 fully saturated rings. The van der Waals surface area contributed by atoms with Crippen molar-refractivity contribution in [3.05, 3.63) is 54.0 Å². The summed E-state index contributed by atoms with van der Waals surface area (Å²) < 4.78 is 1.60. The third kappa shape index (κ3) is 2.51. The van der Waals surface area contributed by atoms with Gasteiger partial charge >= 0.3 is 0 Å².